The minimum atomic E-state index is 0.389. The Kier molecular flexibility index (Phi) is 4.56. The molecule has 0 radical (unpaired) electrons. The molecule has 0 spiro atoms. The molecule has 2 rings (SSSR count). The maximum absolute atomic E-state index is 4.34. The molecule has 0 saturated carbocycles. The summed E-state index contributed by atoms with van der Waals surface area (Å²) in [4.78, 5) is 2.43. The van der Waals surface area contributed by atoms with E-state index in [0.29, 0.717) is 12.0 Å². The van der Waals surface area contributed by atoms with E-state index in [9.17, 15) is 0 Å². The van der Waals surface area contributed by atoms with Gasteiger partial charge in [0.1, 0.15) is 12.2 Å². The van der Waals surface area contributed by atoms with Crippen LogP contribution in [-0.2, 0) is 6.54 Å². The van der Waals surface area contributed by atoms with E-state index in [4.69, 9.17) is 0 Å². The van der Waals surface area contributed by atoms with E-state index in [-0.39, 0.29) is 0 Å². The summed E-state index contributed by atoms with van der Waals surface area (Å²) in [5.41, 5.74) is 0. The normalized spacial score (nSPS) is 20.8. The van der Waals surface area contributed by atoms with Crippen LogP contribution in [0.5, 0.6) is 0 Å². The lowest BCUT2D eigenvalue weighted by Gasteiger charge is -2.24. The Morgan fingerprint density at radius 2 is 2.39 bits per heavy atom. The van der Waals surface area contributed by atoms with Gasteiger partial charge in [-0.25, -0.2) is 0 Å². The van der Waals surface area contributed by atoms with Crippen LogP contribution in [0.2, 0.25) is 0 Å². The fourth-order valence-electron chi connectivity index (χ4n) is 2.58. The molecule has 5 heteroatoms. The number of hydrogen-bond acceptors (Lipinski definition) is 3. The summed E-state index contributed by atoms with van der Waals surface area (Å²) in [6.07, 6.45) is 4.24. The van der Waals surface area contributed by atoms with Gasteiger partial charge in [0, 0.05) is 17.6 Å². The standard InChI is InChI=1S/C13H21BrN4/c1-10(2)7-18-9-15-16-13(18)12-5-4-6-17(12)8-11(3)14/h9-10,12H,3-8H2,1-2H3/t12-/m1/s1. The maximum Gasteiger partial charge on any atom is 0.150 e. The van der Waals surface area contributed by atoms with Crippen LogP contribution in [0.15, 0.2) is 17.4 Å². The highest BCUT2D eigenvalue weighted by molar-refractivity contribution is 9.11. The third-order valence-corrected chi connectivity index (χ3v) is 3.49. The monoisotopic (exact) mass is 312 g/mol. The average Bonchev–Trinajstić information content (AvgIpc) is 2.85. The van der Waals surface area contributed by atoms with Gasteiger partial charge in [-0.3, -0.25) is 4.90 Å². The van der Waals surface area contributed by atoms with Gasteiger partial charge >= 0.3 is 0 Å². The minimum absolute atomic E-state index is 0.389. The Morgan fingerprint density at radius 3 is 3.06 bits per heavy atom. The van der Waals surface area contributed by atoms with Gasteiger partial charge in [-0.15, -0.1) is 10.2 Å². The molecule has 1 fully saturated rings. The molecule has 1 atom stereocenters. The van der Waals surface area contributed by atoms with Crippen molar-refractivity contribution in [1.82, 2.24) is 19.7 Å². The summed E-state index contributed by atoms with van der Waals surface area (Å²) >= 11 is 3.46. The lowest BCUT2D eigenvalue weighted by atomic mass is 10.2. The van der Waals surface area contributed by atoms with Crippen molar-refractivity contribution in [2.24, 2.45) is 5.92 Å². The van der Waals surface area contributed by atoms with E-state index in [1.54, 1.807) is 0 Å². The molecule has 1 aliphatic heterocycles. The van der Waals surface area contributed by atoms with E-state index in [0.717, 1.165) is 36.4 Å². The van der Waals surface area contributed by atoms with E-state index < -0.39 is 0 Å². The van der Waals surface area contributed by atoms with Gasteiger partial charge in [-0.2, -0.15) is 0 Å². The molecule has 4 nitrogen and oxygen atoms in total. The number of aromatic nitrogens is 3. The summed E-state index contributed by atoms with van der Waals surface area (Å²) in [6.45, 7) is 11.4. The predicted octanol–water partition coefficient (Wildman–Crippen LogP) is 2.98. The first kappa shape index (κ1) is 13.7. The van der Waals surface area contributed by atoms with Gasteiger partial charge in [-0.1, -0.05) is 36.4 Å². The molecule has 1 aromatic heterocycles. The van der Waals surface area contributed by atoms with Gasteiger partial charge in [0.2, 0.25) is 0 Å². The van der Waals surface area contributed by atoms with Crippen LogP contribution in [0, 0.1) is 5.92 Å². The zero-order valence-electron chi connectivity index (χ0n) is 11.1. The Bertz CT molecular complexity index is 413. The molecular formula is C13H21BrN4. The fraction of sp³-hybridized carbons (Fsp3) is 0.692. The molecule has 0 unspecified atom stereocenters. The largest absolute Gasteiger partial charge is 0.316 e. The highest BCUT2D eigenvalue weighted by Gasteiger charge is 2.29. The number of halogens is 1. The topological polar surface area (TPSA) is 34.0 Å². The number of hydrogen-bond donors (Lipinski definition) is 0. The zero-order valence-corrected chi connectivity index (χ0v) is 12.7. The Labute approximate surface area is 117 Å². The molecule has 2 heterocycles. The van der Waals surface area contributed by atoms with E-state index in [1.807, 2.05) is 6.33 Å². The van der Waals surface area contributed by atoms with Crippen molar-refractivity contribution in [3.63, 3.8) is 0 Å². The van der Waals surface area contributed by atoms with Crippen molar-refractivity contribution in [3.05, 3.63) is 23.2 Å². The van der Waals surface area contributed by atoms with Crippen molar-refractivity contribution in [1.29, 1.82) is 0 Å². The lowest BCUT2D eigenvalue weighted by Crippen LogP contribution is -2.27. The first-order valence-corrected chi connectivity index (χ1v) is 7.32. The molecule has 1 saturated heterocycles. The Morgan fingerprint density at radius 1 is 1.61 bits per heavy atom. The molecule has 18 heavy (non-hydrogen) atoms. The quantitative estimate of drug-likeness (QED) is 0.838. The second kappa shape index (κ2) is 5.97. The van der Waals surface area contributed by atoms with Crippen LogP contribution < -0.4 is 0 Å². The molecular weight excluding hydrogens is 292 g/mol. The average molecular weight is 313 g/mol. The summed E-state index contributed by atoms with van der Waals surface area (Å²) in [7, 11) is 0. The summed E-state index contributed by atoms with van der Waals surface area (Å²) in [5, 5.41) is 8.42. The maximum atomic E-state index is 4.34. The molecule has 0 amide bonds. The van der Waals surface area contributed by atoms with Crippen molar-refractivity contribution in [3.8, 4) is 0 Å². The van der Waals surface area contributed by atoms with E-state index >= 15 is 0 Å². The molecule has 100 valence electrons. The van der Waals surface area contributed by atoms with Gasteiger partial charge in [0.15, 0.2) is 0 Å². The smallest absolute Gasteiger partial charge is 0.150 e. The number of likely N-dealkylation sites (tertiary alicyclic amines) is 1. The van der Waals surface area contributed by atoms with Crippen LogP contribution in [-0.4, -0.2) is 32.8 Å². The van der Waals surface area contributed by atoms with Crippen molar-refractivity contribution >= 4 is 15.9 Å². The minimum Gasteiger partial charge on any atom is -0.316 e. The zero-order chi connectivity index (χ0) is 13.1. The fourth-order valence-corrected chi connectivity index (χ4v) is 2.91. The molecule has 0 N–H and O–H groups in total. The Hall–Kier alpha value is -0.680. The molecule has 0 aromatic carbocycles. The molecule has 0 bridgehead atoms. The summed E-state index contributed by atoms with van der Waals surface area (Å²) < 4.78 is 3.23. The first-order chi connectivity index (χ1) is 8.58. The second-order valence-electron chi connectivity index (χ2n) is 5.38. The van der Waals surface area contributed by atoms with Crippen LogP contribution in [0.4, 0.5) is 0 Å². The molecule has 0 aliphatic carbocycles. The lowest BCUT2D eigenvalue weighted by molar-refractivity contribution is 0.265. The summed E-state index contributed by atoms with van der Waals surface area (Å²) in [5.74, 6) is 1.72. The second-order valence-corrected chi connectivity index (χ2v) is 6.50. The highest BCUT2D eigenvalue weighted by atomic mass is 79.9. The van der Waals surface area contributed by atoms with Crippen LogP contribution in [0.3, 0.4) is 0 Å². The number of rotatable bonds is 5. The van der Waals surface area contributed by atoms with Gasteiger partial charge < -0.3 is 4.57 Å². The van der Waals surface area contributed by atoms with Crippen molar-refractivity contribution in [2.45, 2.75) is 39.3 Å². The van der Waals surface area contributed by atoms with Crippen molar-refractivity contribution in [2.75, 3.05) is 13.1 Å². The third kappa shape index (κ3) is 3.20. The number of nitrogens with zero attached hydrogens (tertiary/aromatic N) is 4. The van der Waals surface area contributed by atoms with E-state index in [2.05, 4.69) is 56.0 Å². The highest BCUT2D eigenvalue weighted by Crippen LogP contribution is 2.31. The Balaban J connectivity index is 2.14. The van der Waals surface area contributed by atoms with E-state index in [1.165, 1.54) is 6.42 Å². The van der Waals surface area contributed by atoms with Gasteiger partial charge in [-0.05, 0) is 25.3 Å². The predicted molar refractivity (Wildman–Crippen MR) is 76.5 cm³/mol. The van der Waals surface area contributed by atoms with Crippen LogP contribution >= 0.6 is 15.9 Å². The first-order valence-electron chi connectivity index (χ1n) is 6.53. The van der Waals surface area contributed by atoms with Gasteiger partial charge in [0.25, 0.3) is 0 Å². The van der Waals surface area contributed by atoms with Crippen LogP contribution in [0.25, 0.3) is 0 Å². The van der Waals surface area contributed by atoms with Gasteiger partial charge in [0.05, 0.1) is 6.04 Å². The van der Waals surface area contributed by atoms with Crippen molar-refractivity contribution < 1.29 is 0 Å². The molecule has 1 aliphatic rings. The van der Waals surface area contributed by atoms with Crippen LogP contribution in [0.1, 0.15) is 38.6 Å². The molecule has 1 aromatic rings. The SMILES string of the molecule is C=C(Br)CN1CCC[C@@H]1c1nncn1CC(C)C. The third-order valence-electron chi connectivity index (χ3n) is 3.24. The summed E-state index contributed by atoms with van der Waals surface area (Å²) in [6, 6.07) is 0.389.